The topological polar surface area (TPSA) is 74.2 Å². The molecule has 1 amide bonds. The van der Waals surface area contributed by atoms with Gasteiger partial charge in [-0.05, 0) is 44.1 Å². The van der Waals surface area contributed by atoms with E-state index in [1.54, 1.807) is 7.05 Å². The summed E-state index contributed by atoms with van der Waals surface area (Å²) in [6, 6.07) is 0.171. The Kier molecular flexibility index (Phi) is 4.19. The Labute approximate surface area is 111 Å². The molecule has 2 rings (SSSR count). The number of rotatable bonds is 3. The molecule has 0 aromatic carbocycles. The molecule has 0 radical (unpaired) electrons. The van der Waals surface area contributed by atoms with Crippen LogP contribution in [0.2, 0.25) is 0 Å². The Morgan fingerprint density at radius 2 is 2.06 bits per heavy atom. The number of hydrogen-bond donors (Lipinski definition) is 3. The van der Waals surface area contributed by atoms with Gasteiger partial charge in [0.2, 0.25) is 0 Å². The first-order valence-electron chi connectivity index (χ1n) is 6.24. The van der Waals surface area contributed by atoms with Crippen molar-refractivity contribution in [3.8, 4) is 0 Å². The van der Waals surface area contributed by atoms with Crippen LogP contribution in [-0.2, 0) is 0 Å². The summed E-state index contributed by atoms with van der Waals surface area (Å²) in [4.78, 5) is 12.2. The Hall–Kier alpha value is -1.14. The van der Waals surface area contributed by atoms with Crippen LogP contribution < -0.4 is 10.6 Å². The number of aliphatic hydroxyl groups excluding tert-OH is 1. The minimum Gasteiger partial charge on any atom is -0.393 e. The second-order valence-corrected chi connectivity index (χ2v) is 5.47. The van der Waals surface area contributed by atoms with Gasteiger partial charge >= 0.3 is 0 Å². The van der Waals surface area contributed by atoms with E-state index in [0.29, 0.717) is 5.56 Å². The number of hydrogen-bond acceptors (Lipinski definition) is 5. The average Bonchev–Trinajstić information content (AvgIpc) is 2.73. The summed E-state index contributed by atoms with van der Waals surface area (Å²) in [7, 11) is 1.79. The van der Waals surface area contributed by atoms with E-state index in [4.69, 9.17) is 0 Å². The fourth-order valence-electron chi connectivity index (χ4n) is 2.29. The van der Waals surface area contributed by atoms with Gasteiger partial charge < -0.3 is 15.7 Å². The predicted molar refractivity (Wildman–Crippen MR) is 72.1 cm³/mol. The number of nitrogens with one attached hydrogen (secondary N) is 2. The lowest BCUT2D eigenvalue weighted by atomic mass is 9.93. The van der Waals surface area contributed by atoms with Crippen molar-refractivity contribution in [2.45, 2.75) is 44.8 Å². The van der Waals surface area contributed by atoms with Crippen molar-refractivity contribution in [2.24, 2.45) is 0 Å². The third kappa shape index (κ3) is 2.81. The van der Waals surface area contributed by atoms with E-state index in [2.05, 4.69) is 15.0 Å². The number of carbonyl (C=O) groups excluding carboxylic acids is 1. The van der Waals surface area contributed by atoms with Crippen molar-refractivity contribution in [1.29, 1.82) is 0 Å². The van der Waals surface area contributed by atoms with Gasteiger partial charge in [-0.3, -0.25) is 4.79 Å². The molecule has 100 valence electrons. The lowest BCUT2D eigenvalue weighted by molar-refractivity contribution is 0.0868. The van der Waals surface area contributed by atoms with E-state index in [1.165, 1.54) is 11.5 Å². The molecule has 0 saturated heterocycles. The lowest BCUT2D eigenvalue weighted by Gasteiger charge is -2.26. The van der Waals surface area contributed by atoms with Crippen LogP contribution in [0.15, 0.2) is 0 Å². The van der Waals surface area contributed by atoms with Gasteiger partial charge in [-0.2, -0.15) is 4.37 Å². The molecule has 1 aromatic rings. The molecule has 0 aliphatic heterocycles. The standard InChI is InChI=1S/C12H19N3O2S/c1-7-10(12(13-2)18-15-7)11(17)14-8-3-5-9(16)6-4-8/h8-9,13,16H,3-6H2,1-2H3,(H,14,17). The fourth-order valence-corrected chi connectivity index (χ4v) is 3.03. The molecule has 5 nitrogen and oxygen atoms in total. The van der Waals surface area contributed by atoms with E-state index in [1.807, 2.05) is 6.92 Å². The third-order valence-electron chi connectivity index (χ3n) is 3.35. The zero-order valence-corrected chi connectivity index (χ0v) is 11.5. The van der Waals surface area contributed by atoms with Crippen molar-refractivity contribution >= 4 is 22.4 Å². The van der Waals surface area contributed by atoms with E-state index in [0.717, 1.165) is 36.4 Å². The zero-order valence-electron chi connectivity index (χ0n) is 10.7. The second kappa shape index (κ2) is 5.67. The third-order valence-corrected chi connectivity index (χ3v) is 4.30. The van der Waals surface area contributed by atoms with Gasteiger partial charge in [-0.25, -0.2) is 0 Å². The summed E-state index contributed by atoms with van der Waals surface area (Å²) in [6.45, 7) is 1.84. The summed E-state index contributed by atoms with van der Waals surface area (Å²) in [6.07, 6.45) is 3.03. The number of carbonyl (C=O) groups is 1. The highest BCUT2D eigenvalue weighted by Crippen LogP contribution is 2.25. The van der Waals surface area contributed by atoms with Crippen LogP contribution in [0.3, 0.4) is 0 Å². The maximum absolute atomic E-state index is 12.2. The summed E-state index contributed by atoms with van der Waals surface area (Å²) in [5.41, 5.74) is 1.41. The van der Waals surface area contributed by atoms with Gasteiger partial charge in [0.1, 0.15) is 5.00 Å². The Bertz CT molecular complexity index is 425. The van der Waals surface area contributed by atoms with E-state index < -0.39 is 0 Å². The van der Waals surface area contributed by atoms with Crippen LogP contribution in [0.1, 0.15) is 41.7 Å². The molecule has 0 spiro atoms. The Balaban J connectivity index is 2.01. The second-order valence-electron chi connectivity index (χ2n) is 4.70. The van der Waals surface area contributed by atoms with Crippen molar-refractivity contribution in [3.63, 3.8) is 0 Å². The van der Waals surface area contributed by atoms with Crippen molar-refractivity contribution in [3.05, 3.63) is 11.3 Å². The highest BCUT2D eigenvalue weighted by Gasteiger charge is 2.24. The van der Waals surface area contributed by atoms with Gasteiger partial charge in [0.25, 0.3) is 5.91 Å². The molecule has 0 bridgehead atoms. The summed E-state index contributed by atoms with van der Waals surface area (Å²) >= 11 is 1.30. The summed E-state index contributed by atoms with van der Waals surface area (Å²) < 4.78 is 4.19. The Morgan fingerprint density at radius 1 is 1.39 bits per heavy atom. The van der Waals surface area contributed by atoms with Gasteiger partial charge in [0, 0.05) is 13.1 Å². The quantitative estimate of drug-likeness (QED) is 0.778. The molecular formula is C12H19N3O2S. The maximum Gasteiger partial charge on any atom is 0.256 e. The molecular weight excluding hydrogens is 250 g/mol. The first kappa shape index (κ1) is 13.3. The smallest absolute Gasteiger partial charge is 0.256 e. The van der Waals surface area contributed by atoms with Crippen molar-refractivity contribution in [2.75, 3.05) is 12.4 Å². The van der Waals surface area contributed by atoms with Gasteiger partial charge in [-0.1, -0.05) is 0 Å². The number of aryl methyl sites for hydroxylation is 1. The predicted octanol–water partition coefficient (Wildman–Crippen LogP) is 1.53. The molecule has 1 aromatic heterocycles. The Morgan fingerprint density at radius 3 is 2.67 bits per heavy atom. The van der Waals surface area contributed by atoms with Crippen LogP contribution in [0.4, 0.5) is 5.00 Å². The number of nitrogens with zero attached hydrogens (tertiary/aromatic N) is 1. The van der Waals surface area contributed by atoms with Crippen LogP contribution in [0.5, 0.6) is 0 Å². The minimum absolute atomic E-state index is 0.0630. The first-order chi connectivity index (χ1) is 8.61. The van der Waals surface area contributed by atoms with Gasteiger partial charge in [-0.15, -0.1) is 0 Å². The minimum atomic E-state index is -0.199. The molecule has 1 fully saturated rings. The largest absolute Gasteiger partial charge is 0.393 e. The summed E-state index contributed by atoms with van der Waals surface area (Å²) in [5, 5.41) is 16.3. The monoisotopic (exact) mass is 269 g/mol. The lowest BCUT2D eigenvalue weighted by Crippen LogP contribution is -2.38. The SMILES string of the molecule is CNc1snc(C)c1C(=O)NC1CCC(O)CC1. The van der Waals surface area contributed by atoms with Crippen molar-refractivity contribution < 1.29 is 9.90 Å². The van der Waals surface area contributed by atoms with Crippen LogP contribution in [0, 0.1) is 6.92 Å². The van der Waals surface area contributed by atoms with E-state index in [-0.39, 0.29) is 18.1 Å². The average molecular weight is 269 g/mol. The summed E-state index contributed by atoms with van der Waals surface area (Å²) in [5.74, 6) is -0.0630. The normalized spacial score (nSPS) is 23.7. The molecule has 1 saturated carbocycles. The van der Waals surface area contributed by atoms with Crippen molar-refractivity contribution in [1.82, 2.24) is 9.69 Å². The van der Waals surface area contributed by atoms with Crippen LogP contribution in [0.25, 0.3) is 0 Å². The van der Waals surface area contributed by atoms with Gasteiger partial charge in [0.15, 0.2) is 0 Å². The fraction of sp³-hybridized carbons (Fsp3) is 0.667. The molecule has 18 heavy (non-hydrogen) atoms. The molecule has 0 atom stereocenters. The van der Waals surface area contributed by atoms with E-state index in [9.17, 15) is 9.90 Å². The van der Waals surface area contributed by atoms with E-state index >= 15 is 0 Å². The molecule has 1 heterocycles. The highest BCUT2D eigenvalue weighted by atomic mass is 32.1. The number of aromatic nitrogens is 1. The zero-order chi connectivity index (χ0) is 13.1. The molecule has 6 heteroatoms. The maximum atomic E-state index is 12.2. The van der Waals surface area contributed by atoms with Gasteiger partial charge in [0.05, 0.1) is 17.4 Å². The van der Waals surface area contributed by atoms with Crippen LogP contribution in [-0.4, -0.2) is 34.6 Å². The first-order valence-corrected chi connectivity index (χ1v) is 7.02. The highest BCUT2D eigenvalue weighted by molar-refractivity contribution is 7.10. The molecule has 1 aliphatic rings. The molecule has 3 N–H and O–H groups in total. The van der Waals surface area contributed by atoms with Crippen LogP contribution >= 0.6 is 11.5 Å². The number of aliphatic hydroxyl groups is 1. The molecule has 0 unspecified atom stereocenters. The number of amides is 1. The number of anilines is 1. The molecule has 1 aliphatic carbocycles.